The molecule has 1 aromatic heterocycles. The second-order valence-electron chi connectivity index (χ2n) is 6.22. The predicted octanol–water partition coefficient (Wildman–Crippen LogP) is 2.47. The number of fused-ring (bicyclic) bond motifs is 3. The second-order valence-corrected chi connectivity index (χ2v) is 6.22. The van der Waals surface area contributed by atoms with E-state index in [0.29, 0.717) is 12.1 Å². The summed E-state index contributed by atoms with van der Waals surface area (Å²) in [7, 11) is 0. The summed E-state index contributed by atoms with van der Waals surface area (Å²) in [5, 5.41) is 15.4. The molecule has 2 atom stereocenters. The predicted molar refractivity (Wildman–Crippen MR) is 85.2 cm³/mol. The van der Waals surface area contributed by atoms with E-state index < -0.39 is 0 Å². The summed E-state index contributed by atoms with van der Waals surface area (Å²) in [6.07, 6.45) is 5.63. The van der Waals surface area contributed by atoms with Crippen molar-refractivity contribution in [2.75, 3.05) is 18.0 Å². The Balaban J connectivity index is 1.68. The van der Waals surface area contributed by atoms with Gasteiger partial charge in [0.1, 0.15) is 0 Å². The first-order chi connectivity index (χ1) is 10.7. The minimum atomic E-state index is -0.360. The molecule has 3 heterocycles. The summed E-state index contributed by atoms with van der Waals surface area (Å²) in [6.45, 7) is 1.97. The molecule has 6 heteroatoms. The number of hydrogen-bond acceptors (Lipinski definition) is 5. The first-order valence-electron chi connectivity index (χ1n) is 7.74. The summed E-state index contributed by atoms with van der Waals surface area (Å²) < 4.78 is 0. The van der Waals surface area contributed by atoms with E-state index in [-0.39, 0.29) is 10.6 Å². The van der Waals surface area contributed by atoms with Gasteiger partial charge in [-0.1, -0.05) is 6.42 Å². The van der Waals surface area contributed by atoms with Crippen molar-refractivity contribution in [2.45, 2.75) is 31.3 Å². The highest BCUT2D eigenvalue weighted by Crippen LogP contribution is 2.27. The summed E-state index contributed by atoms with van der Waals surface area (Å²) in [5.74, 6) is 0. The van der Waals surface area contributed by atoms with Crippen LogP contribution in [0.25, 0.3) is 10.9 Å². The van der Waals surface area contributed by atoms with Crippen molar-refractivity contribution in [3.63, 3.8) is 0 Å². The second kappa shape index (κ2) is 5.21. The number of rotatable bonds is 2. The number of nitrogens with zero attached hydrogens (tertiary/aromatic N) is 3. The maximum absolute atomic E-state index is 10.9. The lowest BCUT2D eigenvalue weighted by Gasteiger charge is -2.43. The van der Waals surface area contributed by atoms with Gasteiger partial charge in [0, 0.05) is 42.7 Å². The van der Waals surface area contributed by atoms with Crippen LogP contribution in [0.1, 0.15) is 19.3 Å². The number of piperazine rings is 1. The fraction of sp³-hybridized carbons (Fsp3) is 0.438. The third-order valence-electron chi connectivity index (χ3n) is 4.68. The molecule has 2 fully saturated rings. The molecule has 2 saturated heterocycles. The maximum atomic E-state index is 10.9. The lowest BCUT2D eigenvalue weighted by Crippen LogP contribution is -2.58. The van der Waals surface area contributed by atoms with E-state index >= 15 is 0 Å². The standard InChI is InChI=1S/C16H18N4O2/c21-20(22)14-4-5-16-11(6-14)7-15(8-17-16)19-9-12-2-1-3-13(10-19)18-12/h4-8,12-13,18H,1-3,9-10H2. The normalized spacial score (nSPS) is 24.5. The Hall–Kier alpha value is -2.21. The van der Waals surface area contributed by atoms with Gasteiger partial charge in [0.05, 0.1) is 22.3 Å². The topological polar surface area (TPSA) is 71.3 Å². The van der Waals surface area contributed by atoms with Crippen LogP contribution < -0.4 is 10.2 Å². The van der Waals surface area contributed by atoms with Gasteiger partial charge in [-0.3, -0.25) is 15.1 Å². The van der Waals surface area contributed by atoms with Crippen LogP contribution in [0.3, 0.4) is 0 Å². The van der Waals surface area contributed by atoms with Crippen molar-refractivity contribution in [1.29, 1.82) is 0 Å². The highest BCUT2D eigenvalue weighted by Gasteiger charge is 2.29. The maximum Gasteiger partial charge on any atom is 0.270 e. The van der Waals surface area contributed by atoms with E-state index in [1.54, 1.807) is 12.1 Å². The molecule has 2 unspecified atom stereocenters. The molecule has 0 amide bonds. The van der Waals surface area contributed by atoms with Crippen molar-refractivity contribution in [2.24, 2.45) is 0 Å². The molecule has 2 bridgehead atoms. The van der Waals surface area contributed by atoms with Crippen molar-refractivity contribution in [3.05, 3.63) is 40.6 Å². The van der Waals surface area contributed by atoms with Gasteiger partial charge in [0.2, 0.25) is 0 Å². The first kappa shape index (κ1) is 13.5. The van der Waals surface area contributed by atoms with Crippen molar-refractivity contribution in [1.82, 2.24) is 10.3 Å². The quantitative estimate of drug-likeness (QED) is 0.681. The number of nitro benzene ring substituents is 1. The van der Waals surface area contributed by atoms with Gasteiger partial charge in [-0.2, -0.15) is 0 Å². The molecule has 0 radical (unpaired) electrons. The summed E-state index contributed by atoms with van der Waals surface area (Å²) in [4.78, 5) is 17.4. The van der Waals surface area contributed by atoms with E-state index in [9.17, 15) is 10.1 Å². The molecule has 0 saturated carbocycles. The Morgan fingerprint density at radius 1 is 1.23 bits per heavy atom. The molecule has 4 rings (SSSR count). The van der Waals surface area contributed by atoms with Crippen LogP contribution in [0.15, 0.2) is 30.5 Å². The summed E-state index contributed by atoms with van der Waals surface area (Å²) in [6, 6.07) is 7.95. The number of piperidine rings is 1. The Bertz CT molecular complexity index is 721. The number of non-ortho nitro benzene ring substituents is 1. The molecule has 2 aromatic rings. The molecular formula is C16H18N4O2. The van der Waals surface area contributed by atoms with Crippen molar-refractivity contribution in [3.8, 4) is 0 Å². The van der Waals surface area contributed by atoms with Gasteiger partial charge < -0.3 is 10.2 Å². The van der Waals surface area contributed by atoms with Gasteiger partial charge in [-0.05, 0) is 25.0 Å². The van der Waals surface area contributed by atoms with E-state index in [4.69, 9.17) is 0 Å². The smallest absolute Gasteiger partial charge is 0.270 e. The number of pyridine rings is 1. The molecular weight excluding hydrogens is 280 g/mol. The molecule has 2 aliphatic rings. The van der Waals surface area contributed by atoms with Crippen molar-refractivity contribution >= 4 is 22.3 Å². The Labute approximate surface area is 128 Å². The zero-order valence-corrected chi connectivity index (χ0v) is 12.2. The van der Waals surface area contributed by atoms with Crippen LogP contribution >= 0.6 is 0 Å². The fourth-order valence-electron chi connectivity index (χ4n) is 3.61. The lowest BCUT2D eigenvalue weighted by atomic mass is 9.94. The molecule has 114 valence electrons. The number of nitro groups is 1. The lowest BCUT2D eigenvalue weighted by molar-refractivity contribution is -0.384. The Kier molecular flexibility index (Phi) is 3.18. The van der Waals surface area contributed by atoms with E-state index in [0.717, 1.165) is 29.7 Å². The molecule has 1 N–H and O–H groups in total. The monoisotopic (exact) mass is 298 g/mol. The summed E-state index contributed by atoms with van der Waals surface area (Å²) >= 11 is 0. The fourth-order valence-corrected chi connectivity index (χ4v) is 3.61. The number of anilines is 1. The van der Waals surface area contributed by atoms with Gasteiger partial charge in [-0.25, -0.2) is 0 Å². The van der Waals surface area contributed by atoms with Gasteiger partial charge in [0.15, 0.2) is 0 Å². The Morgan fingerprint density at radius 3 is 2.73 bits per heavy atom. The SMILES string of the molecule is O=[N+]([O-])c1ccc2ncc(N3CC4CCCC(C3)N4)cc2c1. The minimum Gasteiger partial charge on any atom is -0.367 e. The van der Waals surface area contributed by atoms with Crippen molar-refractivity contribution < 1.29 is 4.92 Å². The highest BCUT2D eigenvalue weighted by molar-refractivity contribution is 5.84. The van der Waals surface area contributed by atoms with Gasteiger partial charge >= 0.3 is 0 Å². The van der Waals surface area contributed by atoms with E-state index in [1.165, 1.54) is 25.3 Å². The highest BCUT2D eigenvalue weighted by atomic mass is 16.6. The van der Waals surface area contributed by atoms with Crippen LogP contribution in [0.2, 0.25) is 0 Å². The first-order valence-corrected chi connectivity index (χ1v) is 7.74. The van der Waals surface area contributed by atoms with Gasteiger partial charge in [0.25, 0.3) is 5.69 Å². The average molecular weight is 298 g/mol. The third kappa shape index (κ3) is 2.39. The number of aromatic nitrogens is 1. The van der Waals surface area contributed by atoms with Gasteiger partial charge in [-0.15, -0.1) is 0 Å². The number of benzene rings is 1. The van der Waals surface area contributed by atoms with E-state index in [1.807, 2.05) is 12.3 Å². The molecule has 1 aromatic carbocycles. The van der Waals surface area contributed by atoms with Crippen LogP contribution in [-0.2, 0) is 0 Å². The van der Waals surface area contributed by atoms with Crippen LogP contribution in [0.5, 0.6) is 0 Å². The molecule has 0 aliphatic carbocycles. The van der Waals surface area contributed by atoms with E-state index in [2.05, 4.69) is 15.2 Å². The summed E-state index contributed by atoms with van der Waals surface area (Å²) in [5.41, 5.74) is 1.97. The number of hydrogen-bond donors (Lipinski definition) is 1. The molecule has 22 heavy (non-hydrogen) atoms. The van der Waals surface area contributed by atoms with Crippen LogP contribution in [0.4, 0.5) is 11.4 Å². The molecule has 2 aliphatic heterocycles. The largest absolute Gasteiger partial charge is 0.367 e. The third-order valence-corrected chi connectivity index (χ3v) is 4.68. The van der Waals surface area contributed by atoms with Crippen LogP contribution in [-0.4, -0.2) is 35.1 Å². The Morgan fingerprint density at radius 2 is 2.00 bits per heavy atom. The molecule has 0 spiro atoms. The van der Waals surface area contributed by atoms with Crippen LogP contribution in [0, 0.1) is 10.1 Å². The minimum absolute atomic E-state index is 0.114. The average Bonchev–Trinajstić information content (AvgIpc) is 2.53. The zero-order chi connectivity index (χ0) is 15.1. The molecule has 6 nitrogen and oxygen atoms in total. The zero-order valence-electron chi connectivity index (χ0n) is 12.2. The number of nitrogens with one attached hydrogen (secondary N) is 1.